The van der Waals surface area contributed by atoms with Gasteiger partial charge >= 0.3 is 0 Å². The number of anilines is 1. The highest BCUT2D eigenvalue weighted by Crippen LogP contribution is 2.30. The predicted molar refractivity (Wildman–Crippen MR) is 159 cm³/mol. The first kappa shape index (κ1) is 30.4. The van der Waals surface area contributed by atoms with E-state index in [1.807, 2.05) is 45.2 Å². The summed E-state index contributed by atoms with van der Waals surface area (Å²) in [7, 11) is -0.145. The molecular weight excluding hydrogens is 542 g/mol. The van der Waals surface area contributed by atoms with Gasteiger partial charge in [-0.1, -0.05) is 37.3 Å². The zero-order valence-electron chi connectivity index (χ0n) is 24.0. The lowest BCUT2D eigenvalue weighted by molar-refractivity contribution is -0.134. The first-order valence-corrected chi connectivity index (χ1v) is 15.2. The van der Waals surface area contributed by atoms with Crippen LogP contribution >= 0.6 is 0 Å². The topological polar surface area (TPSA) is 108 Å². The standard InChI is InChI=1S/C31H39N3O6S/c1-22-18-34(23(2)21-35)31(36)17-25-16-26(32-41(37,38)28-8-6-5-7-9-28)12-15-29(25)40-30(22)20-33(3)19-24-10-13-27(39-4)14-11-24/h5-16,22-23,30,32,35H,17-21H2,1-4H3/t22-,23+,30+/m0/s1. The number of aliphatic hydroxyl groups is 1. The molecule has 1 aliphatic rings. The first-order valence-electron chi connectivity index (χ1n) is 13.7. The fraction of sp³-hybridized carbons (Fsp3) is 0.387. The number of benzene rings is 3. The molecule has 0 aliphatic carbocycles. The molecule has 2 N–H and O–H groups in total. The van der Waals surface area contributed by atoms with Crippen molar-refractivity contribution in [2.24, 2.45) is 5.92 Å². The number of ether oxygens (including phenoxy) is 2. The first-order chi connectivity index (χ1) is 19.6. The van der Waals surface area contributed by atoms with Crippen molar-refractivity contribution in [2.75, 3.05) is 38.6 Å². The van der Waals surface area contributed by atoms with Crippen molar-refractivity contribution >= 4 is 21.6 Å². The van der Waals surface area contributed by atoms with E-state index in [1.54, 1.807) is 48.4 Å². The number of aliphatic hydroxyl groups excluding tert-OH is 1. The second-order valence-corrected chi connectivity index (χ2v) is 12.4. The van der Waals surface area contributed by atoms with Crippen molar-refractivity contribution in [2.45, 2.75) is 43.9 Å². The summed E-state index contributed by atoms with van der Waals surface area (Å²) in [5.74, 6) is 1.13. The second-order valence-electron chi connectivity index (χ2n) is 10.7. The minimum atomic E-state index is -3.81. The Bertz CT molecular complexity index is 1420. The van der Waals surface area contributed by atoms with Gasteiger partial charge in [0.1, 0.15) is 17.6 Å². The lowest BCUT2D eigenvalue weighted by atomic mass is 10.0. The van der Waals surface area contributed by atoms with E-state index in [0.29, 0.717) is 36.6 Å². The third-order valence-electron chi connectivity index (χ3n) is 7.33. The van der Waals surface area contributed by atoms with E-state index in [-0.39, 0.29) is 41.9 Å². The van der Waals surface area contributed by atoms with Crippen LogP contribution in [0.3, 0.4) is 0 Å². The van der Waals surface area contributed by atoms with Crippen LogP contribution in [0.1, 0.15) is 25.0 Å². The largest absolute Gasteiger partial charge is 0.497 e. The Morgan fingerprint density at radius 3 is 2.49 bits per heavy atom. The molecule has 0 spiro atoms. The molecule has 10 heteroatoms. The summed E-state index contributed by atoms with van der Waals surface area (Å²) >= 11 is 0. The van der Waals surface area contributed by atoms with E-state index in [4.69, 9.17) is 9.47 Å². The number of carbonyl (C=O) groups is 1. The van der Waals surface area contributed by atoms with Crippen LogP contribution in [0.5, 0.6) is 11.5 Å². The average Bonchev–Trinajstić information content (AvgIpc) is 3.00. The molecule has 0 saturated carbocycles. The van der Waals surface area contributed by atoms with E-state index < -0.39 is 10.0 Å². The van der Waals surface area contributed by atoms with Gasteiger partial charge in [0.2, 0.25) is 5.91 Å². The summed E-state index contributed by atoms with van der Waals surface area (Å²) in [5.41, 5.74) is 2.05. The van der Waals surface area contributed by atoms with Gasteiger partial charge in [-0.05, 0) is 62.0 Å². The molecule has 9 nitrogen and oxygen atoms in total. The van der Waals surface area contributed by atoms with Crippen LogP contribution in [0, 0.1) is 5.92 Å². The Morgan fingerprint density at radius 1 is 1.12 bits per heavy atom. The number of nitrogens with zero attached hydrogens (tertiary/aromatic N) is 2. The Balaban J connectivity index is 1.61. The number of hydrogen-bond acceptors (Lipinski definition) is 7. The maximum atomic E-state index is 13.5. The zero-order valence-corrected chi connectivity index (χ0v) is 24.8. The molecule has 41 heavy (non-hydrogen) atoms. The number of nitrogens with one attached hydrogen (secondary N) is 1. The quantitative estimate of drug-likeness (QED) is 0.375. The van der Waals surface area contributed by atoms with E-state index in [2.05, 4.69) is 9.62 Å². The molecule has 0 unspecified atom stereocenters. The molecule has 1 heterocycles. The van der Waals surface area contributed by atoms with Crippen LogP contribution in [-0.2, 0) is 27.8 Å². The molecule has 4 rings (SSSR count). The number of rotatable bonds is 10. The van der Waals surface area contributed by atoms with Crippen LogP contribution < -0.4 is 14.2 Å². The Hall–Kier alpha value is -3.60. The zero-order chi connectivity index (χ0) is 29.6. The van der Waals surface area contributed by atoms with Gasteiger partial charge in [-0.15, -0.1) is 0 Å². The van der Waals surface area contributed by atoms with Gasteiger partial charge in [0, 0.05) is 36.8 Å². The fourth-order valence-electron chi connectivity index (χ4n) is 4.94. The lowest BCUT2D eigenvalue weighted by Crippen LogP contribution is -2.47. The molecule has 0 saturated heterocycles. The van der Waals surface area contributed by atoms with Crippen molar-refractivity contribution < 1.29 is 27.8 Å². The van der Waals surface area contributed by atoms with Gasteiger partial charge in [0.25, 0.3) is 10.0 Å². The number of likely N-dealkylation sites (N-methyl/N-ethyl adjacent to an activating group) is 1. The molecule has 1 aliphatic heterocycles. The smallest absolute Gasteiger partial charge is 0.261 e. The monoisotopic (exact) mass is 581 g/mol. The summed E-state index contributed by atoms with van der Waals surface area (Å²) in [6.45, 7) is 5.40. The summed E-state index contributed by atoms with van der Waals surface area (Å²) < 4.78 is 40.3. The van der Waals surface area contributed by atoms with Crippen LogP contribution in [0.2, 0.25) is 0 Å². The van der Waals surface area contributed by atoms with Crippen molar-refractivity contribution in [1.29, 1.82) is 0 Å². The van der Waals surface area contributed by atoms with Gasteiger partial charge in [0.05, 0.1) is 31.1 Å². The minimum Gasteiger partial charge on any atom is -0.497 e. The number of amides is 1. The van der Waals surface area contributed by atoms with Crippen molar-refractivity contribution in [1.82, 2.24) is 9.80 Å². The van der Waals surface area contributed by atoms with Gasteiger partial charge < -0.3 is 19.5 Å². The maximum absolute atomic E-state index is 13.5. The summed E-state index contributed by atoms with van der Waals surface area (Å²) in [5, 5.41) is 9.89. The average molecular weight is 582 g/mol. The van der Waals surface area contributed by atoms with Crippen LogP contribution in [0.4, 0.5) is 5.69 Å². The molecule has 3 aromatic carbocycles. The molecule has 0 aromatic heterocycles. The molecule has 3 aromatic rings. The molecule has 0 fully saturated rings. The highest BCUT2D eigenvalue weighted by molar-refractivity contribution is 7.92. The predicted octanol–water partition coefficient (Wildman–Crippen LogP) is 3.78. The second kappa shape index (κ2) is 13.4. The van der Waals surface area contributed by atoms with E-state index in [9.17, 15) is 18.3 Å². The fourth-order valence-corrected chi connectivity index (χ4v) is 6.01. The summed E-state index contributed by atoms with van der Waals surface area (Å²) in [4.78, 5) is 17.5. The Morgan fingerprint density at radius 2 is 1.83 bits per heavy atom. The number of carbonyl (C=O) groups excluding carboxylic acids is 1. The van der Waals surface area contributed by atoms with Gasteiger partial charge in [-0.25, -0.2) is 8.42 Å². The lowest BCUT2D eigenvalue weighted by Gasteiger charge is -2.34. The van der Waals surface area contributed by atoms with Crippen molar-refractivity contribution in [3.8, 4) is 11.5 Å². The van der Waals surface area contributed by atoms with E-state index >= 15 is 0 Å². The van der Waals surface area contributed by atoms with Gasteiger partial charge in [-0.3, -0.25) is 14.4 Å². The van der Waals surface area contributed by atoms with Gasteiger partial charge in [0.15, 0.2) is 0 Å². The number of methoxy groups -OCH3 is 1. The minimum absolute atomic E-state index is 0.0156. The van der Waals surface area contributed by atoms with Crippen molar-refractivity contribution in [3.63, 3.8) is 0 Å². The third-order valence-corrected chi connectivity index (χ3v) is 8.72. The summed E-state index contributed by atoms with van der Waals surface area (Å²) in [6.07, 6.45) is -0.259. The number of fused-ring (bicyclic) bond motifs is 1. The molecule has 0 bridgehead atoms. The van der Waals surface area contributed by atoms with Crippen LogP contribution in [0.15, 0.2) is 77.7 Å². The van der Waals surface area contributed by atoms with Crippen molar-refractivity contribution in [3.05, 3.63) is 83.9 Å². The van der Waals surface area contributed by atoms with Crippen LogP contribution in [0.25, 0.3) is 0 Å². The highest BCUT2D eigenvalue weighted by atomic mass is 32.2. The highest BCUT2D eigenvalue weighted by Gasteiger charge is 2.31. The van der Waals surface area contributed by atoms with Crippen LogP contribution in [-0.4, -0.2) is 75.2 Å². The molecule has 3 atom stereocenters. The Kier molecular flexibility index (Phi) is 9.90. The number of hydrogen-bond donors (Lipinski definition) is 2. The van der Waals surface area contributed by atoms with E-state index in [1.165, 1.54) is 12.1 Å². The third kappa shape index (κ3) is 7.78. The molecular formula is C31H39N3O6S. The summed E-state index contributed by atoms with van der Waals surface area (Å²) in [6, 6.07) is 20.7. The Labute approximate surface area is 242 Å². The number of sulfonamides is 1. The maximum Gasteiger partial charge on any atom is 0.261 e. The molecule has 0 radical (unpaired) electrons. The van der Waals surface area contributed by atoms with E-state index in [0.717, 1.165) is 11.3 Å². The normalized spacial score (nSPS) is 18.5. The van der Waals surface area contributed by atoms with Gasteiger partial charge in [-0.2, -0.15) is 0 Å². The molecule has 220 valence electrons. The SMILES string of the molecule is COc1ccc(CN(C)C[C@H]2Oc3ccc(NS(=O)(=O)c4ccccc4)cc3CC(=O)N([C@H](C)CO)C[C@@H]2C)cc1. The molecule has 1 amide bonds.